The number of para-hydroxylation sites is 2. The molecule has 122 valence electrons. The van der Waals surface area contributed by atoms with Gasteiger partial charge in [0.1, 0.15) is 11.8 Å². The predicted molar refractivity (Wildman–Crippen MR) is 88.9 cm³/mol. The van der Waals surface area contributed by atoms with E-state index in [1.165, 1.54) is 4.57 Å². The van der Waals surface area contributed by atoms with Gasteiger partial charge in [-0.3, -0.25) is 9.36 Å². The maximum absolute atomic E-state index is 12.5. The lowest BCUT2D eigenvalue weighted by atomic mass is 10.2. The summed E-state index contributed by atoms with van der Waals surface area (Å²) in [6.45, 7) is 7.59. The maximum atomic E-state index is 12.5. The molecule has 0 fully saturated rings. The standard InChI is InChI=1S/C17H21N3O3/c1-5-23-15-9-7-6-8-14(15)19-16(21)13(4)20-12(3)10-11(2)18-17(20)22/h6-10,13H,5H2,1-4H3,(H,19,21)/t13-/m0/s1. The van der Waals surface area contributed by atoms with Crippen LogP contribution in [0.15, 0.2) is 35.1 Å². The summed E-state index contributed by atoms with van der Waals surface area (Å²) in [4.78, 5) is 28.5. The maximum Gasteiger partial charge on any atom is 0.348 e. The molecule has 0 aliphatic rings. The summed E-state index contributed by atoms with van der Waals surface area (Å²) in [6, 6.07) is 8.30. The number of hydrogen-bond donors (Lipinski definition) is 1. The van der Waals surface area contributed by atoms with Crippen molar-refractivity contribution in [2.75, 3.05) is 11.9 Å². The lowest BCUT2D eigenvalue weighted by molar-refractivity contribution is -0.119. The fourth-order valence-corrected chi connectivity index (χ4v) is 2.44. The van der Waals surface area contributed by atoms with Crippen molar-refractivity contribution in [2.24, 2.45) is 0 Å². The fourth-order valence-electron chi connectivity index (χ4n) is 2.44. The van der Waals surface area contributed by atoms with Crippen molar-refractivity contribution >= 4 is 11.6 Å². The quantitative estimate of drug-likeness (QED) is 0.920. The Morgan fingerprint density at radius 2 is 2.04 bits per heavy atom. The van der Waals surface area contributed by atoms with Crippen LogP contribution in [0.3, 0.4) is 0 Å². The number of benzene rings is 1. The third kappa shape index (κ3) is 3.77. The molecule has 0 bridgehead atoms. The van der Waals surface area contributed by atoms with E-state index in [0.717, 1.165) is 0 Å². The van der Waals surface area contributed by atoms with Gasteiger partial charge in [-0.05, 0) is 45.9 Å². The highest BCUT2D eigenvalue weighted by Gasteiger charge is 2.19. The van der Waals surface area contributed by atoms with E-state index in [4.69, 9.17) is 4.74 Å². The molecule has 0 saturated carbocycles. The summed E-state index contributed by atoms with van der Waals surface area (Å²) >= 11 is 0. The van der Waals surface area contributed by atoms with Crippen LogP contribution in [0.25, 0.3) is 0 Å². The zero-order valence-electron chi connectivity index (χ0n) is 13.8. The van der Waals surface area contributed by atoms with Crippen molar-refractivity contribution in [3.05, 3.63) is 52.2 Å². The summed E-state index contributed by atoms with van der Waals surface area (Å²) in [7, 11) is 0. The SMILES string of the molecule is CCOc1ccccc1NC(=O)[C@H](C)n1c(C)cc(C)nc1=O. The van der Waals surface area contributed by atoms with Gasteiger partial charge >= 0.3 is 5.69 Å². The summed E-state index contributed by atoms with van der Waals surface area (Å²) in [5.74, 6) is 0.301. The molecule has 1 amide bonds. The third-order valence-corrected chi connectivity index (χ3v) is 3.49. The minimum Gasteiger partial charge on any atom is -0.492 e. The number of anilines is 1. The van der Waals surface area contributed by atoms with E-state index in [-0.39, 0.29) is 5.91 Å². The summed E-state index contributed by atoms with van der Waals surface area (Å²) in [5.41, 5.74) is 1.49. The highest BCUT2D eigenvalue weighted by molar-refractivity contribution is 5.94. The largest absolute Gasteiger partial charge is 0.492 e. The molecule has 0 saturated heterocycles. The number of aromatic nitrogens is 2. The summed E-state index contributed by atoms with van der Waals surface area (Å²) < 4.78 is 6.87. The molecule has 6 nitrogen and oxygen atoms in total. The van der Waals surface area contributed by atoms with E-state index in [1.54, 1.807) is 39.0 Å². The predicted octanol–water partition coefficient (Wildman–Crippen LogP) is 2.46. The Hall–Kier alpha value is -2.63. The van der Waals surface area contributed by atoms with E-state index in [1.807, 2.05) is 19.1 Å². The fraction of sp³-hybridized carbons (Fsp3) is 0.353. The number of carbonyl (C=O) groups excluding carboxylic acids is 1. The number of aryl methyl sites for hydroxylation is 2. The average molecular weight is 315 g/mol. The minimum absolute atomic E-state index is 0.298. The number of amides is 1. The second kappa shape index (κ2) is 7.09. The van der Waals surface area contributed by atoms with Crippen molar-refractivity contribution in [2.45, 2.75) is 33.7 Å². The van der Waals surface area contributed by atoms with Gasteiger partial charge < -0.3 is 10.1 Å². The molecule has 1 N–H and O–H groups in total. The van der Waals surface area contributed by atoms with Gasteiger partial charge in [0.15, 0.2) is 0 Å². The van der Waals surface area contributed by atoms with Crippen LogP contribution in [0, 0.1) is 13.8 Å². The van der Waals surface area contributed by atoms with Gasteiger partial charge in [0, 0.05) is 11.4 Å². The Morgan fingerprint density at radius 3 is 2.70 bits per heavy atom. The molecular formula is C17H21N3O3. The van der Waals surface area contributed by atoms with Crippen LogP contribution in [0.4, 0.5) is 5.69 Å². The smallest absolute Gasteiger partial charge is 0.348 e. The Bertz CT molecular complexity index is 768. The van der Waals surface area contributed by atoms with Gasteiger partial charge in [-0.15, -0.1) is 0 Å². The highest BCUT2D eigenvalue weighted by atomic mass is 16.5. The minimum atomic E-state index is -0.676. The Balaban J connectivity index is 2.27. The Morgan fingerprint density at radius 1 is 1.35 bits per heavy atom. The lowest BCUT2D eigenvalue weighted by Gasteiger charge is -2.18. The highest BCUT2D eigenvalue weighted by Crippen LogP contribution is 2.24. The molecule has 0 aliphatic carbocycles. The van der Waals surface area contributed by atoms with Crippen LogP contribution in [-0.4, -0.2) is 22.1 Å². The van der Waals surface area contributed by atoms with E-state index in [0.29, 0.717) is 29.4 Å². The first-order valence-electron chi connectivity index (χ1n) is 7.53. The first kappa shape index (κ1) is 16.7. The van der Waals surface area contributed by atoms with Crippen LogP contribution in [-0.2, 0) is 4.79 Å². The number of ether oxygens (including phenoxy) is 1. The molecule has 0 unspecified atom stereocenters. The van der Waals surface area contributed by atoms with E-state index >= 15 is 0 Å². The topological polar surface area (TPSA) is 73.2 Å². The van der Waals surface area contributed by atoms with Gasteiger partial charge in [-0.2, -0.15) is 4.98 Å². The zero-order valence-corrected chi connectivity index (χ0v) is 13.8. The average Bonchev–Trinajstić information content (AvgIpc) is 2.48. The molecule has 2 rings (SSSR count). The molecule has 1 atom stereocenters. The number of rotatable bonds is 5. The zero-order chi connectivity index (χ0) is 17.0. The molecule has 2 aromatic rings. The number of nitrogens with zero attached hydrogens (tertiary/aromatic N) is 2. The van der Waals surface area contributed by atoms with Crippen molar-refractivity contribution in [3.8, 4) is 5.75 Å². The van der Waals surface area contributed by atoms with Crippen molar-refractivity contribution in [1.82, 2.24) is 9.55 Å². The van der Waals surface area contributed by atoms with Gasteiger partial charge in [0.05, 0.1) is 12.3 Å². The first-order chi connectivity index (χ1) is 10.9. The monoisotopic (exact) mass is 315 g/mol. The van der Waals surface area contributed by atoms with Gasteiger partial charge in [0.2, 0.25) is 5.91 Å². The number of carbonyl (C=O) groups is 1. The van der Waals surface area contributed by atoms with Gasteiger partial charge in [0.25, 0.3) is 0 Å². The van der Waals surface area contributed by atoms with Crippen LogP contribution >= 0.6 is 0 Å². The van der Waals surface area contributed by atoms with E-state index < -0.39 is 11.7 Å². The van der Waals surface area contributed by atoms with Crippen LogP contribution < -0.4 is 15.7 Å². The van der Waals surface area contributed by atoms with E-state index in [9.17, 15) is 9.59 Å². The van der Waals surface area contributed by atoms with Gasteiger partial charge in [-0.25, -0.2) is 4.79 Å². The molecular weight excluding hydrogens is 294 g/mol. The summed E-state index contributed by atoms with van der Waals surface area (Å²) in [6.07, 6.45) is 0. The number of nitrogens with one attached hydrogen (secondary N) is 1. The molecule has 0 radical (unpaired) electrons. The molecule has 23 heavy (non-hydrogen) atoms. The van der Waals surface area contributed by atoms with Crippen molar-refractivity contribution in [1.29, 1.82) is 0 Å². The molecule has 1 aromatic heterocycles. The molecule has 0 aliphatic heterocycles. The lowest BCUT2D eigenvalue weighted by Crippen LogP contribution is -2.34. The second-order valence-electron chi connectivity index (χ2n) is 5.29. The van der Waals surface area contributed by atoms with Crippen molar-refractivity contribution < 1.29 is 9.53 Å². The summed E-state index contributed by atoms with van der Waals surface area (Å²) in [5, 5.41) is 2.81. The third-order valence-electron chi connectivity index (χ3n) is 3.49. The Labute approximate surface area is 135 Å². The second-order valence-corrected chi connectivity index (χ2v) is 5.29. The van der Waals surface area contributed by atoms with Crippen molar-refractivity contribution in [3.63, 3.8) is 0 Å². The molecule has 1 heterocycles. The van der Waals surface area contributed by atoms with Gasteiger partial charge in [-0.1, -0.05) is 12.1 Å². The van der Waals surface area contributed by atoms with E-state index in [2.05, 4.69) is 10.3 Å². The normalized spacial score (nSPS) is 11.8. The molecule has 6 heteroatoms. The molecule has 0 spiro atoms. The molecule has 1 aromatic carbocycles. The van der Waals surface area contributed by atoms with Crippen LogP contribution in [0.1, 0.15) is 31.3 Å². The number of hydrogen-bond acceptors (Lipinski definition) is 4. The van der Waals surface area contributed by atoms with Crippen LogP contribution in [0.5, 0.6) is 5.75 Å². The first-order valence-corrected chi connectivity index (χ1v) is 7.53. The van der Waals surface area contributed by atoms with Crippen LogP contribution in [0.2, 0.25) is 0 Å². The Kier molecular flexibility index (Phi) is 5.16.